The van der Waals surface area contributed by atoms with Gasteiger partial charge < -0.3 is 20.2 Å². The Bertz CT molecular complexity index is 429. The van der Waals surface area contributed by atoms with Crippen molar-refractivity contribution < 1.29 is 14.4 Å². The number of nitrogens with one attached hydrogen (secondary N) is 2. The van der Waals surface area contributed by atoms with Gasteiger partial charge in [-0.05, 0) is 0 Å². The van der Waals surface area contributed by atoms with Crippen molar-refractivity contribution in [3.05, 3.63) is 16.4 Å². The Hall–Kier alpha value is -2.04. The Labute approximate surface area is 109 Å². The van der Waals surface area contributed by atoms with Crippen LogP contribution in [0.4, 0.5) is 17.3 Å². The number of nitrogen functional groups attached to an aromatic ring is 1. The Morgan fingerprint density at radius 2 is 2.16 bits per heavy atom. The molecule has 10 nitrogen and oxygen atoms in total. The molecular weight excluding hydrogens is 256 g/mol. The van der Waals surface area contributed by atoms with E-state index in [1.165, 1.54) is 20.5 Å². The molecular formula is C9H16N6O4. The maximum absolute atomic E-state index is 11.0. The molecule has 0 aliphatic rings. The van der Waals surface area contributed by atoms with E-state index in [1.807, 2.05) is 0 Å². The molecule has 4 N–H and O–H groups in total. The normalized spacial score (nSPS) is 11.9. The molecule has 10 heteroatoms. The average Bonchev–Trinajstić information content (AvgIpc) is 2.42. The molecule has 0 amide bonds. The van der Waals surface area contributed by atoms with Gasteiger partial charge >= 0.3 is 5.69 Å². The number of hydrogen-bond donors (Lipinski definition) is 3. The number of rotatable bonds is 8. The molecule has 1 aromatic rings. The van der Waals surface area contributed by atoms with Gasteiger partial charge in [-0.1, -0.05) is 0 Å². The highest BCUT2D eigenvalue weighted by Gasteiger charge is 2.22. The maximum atomic E-state index is 11.0. The number of ether oxygens (including phenoxy) is 2. The molecule has 1 aromatic heterocycles. The summed E-state index contributed by atoms with van der Waals surface area (Å²) in [6, 6.07) is 0. The van der Waals surface area contributed by atoms with Crippen molar-refractivity contribution in [1.82, 2.24) is 9.97 Å². The van der Waals surface area contributed by atoms with E-state index in [4.69, 9.17) is 15.3 Å². The smallest absolute Gasteiger partial charge is 0.354 e. The lowest BCUT2D eigenvalue weighted by Crippen LogP contribution is -2.27. The first kappa shape index (κ1) is 15.0. The highest BCUT2D eigenvalue weighted by molar-refractivity contribution is 5.68. The summed E-state index contributed by atoms with van der Waals surface area (Å²) < 4.78 is 10.1. The third-order valence-corrected chi connectivity index (χ3v) is 2.32. The first-order valence-electron chi connectivity index (χ1n) is 5.35. The number of hydrazine groups is 1. The van der Waals surface area contributed by atoms with Gasteiger partial charge in [0, 0.05) is 20.8 Å². The zero-order valence-corrected chi connectivity index (χ0v) is 10.6. The van der Waals surface area contributed by atoms with E-state index in [0.29, 0.717) is 13.2 Å². The van der Waals surface area contributed by atoms with Crippen LogP contribution < -0.4 is 16.6 Å². The highest BCUT2D eigenvalue weighted by Crippen LogP contribution is 2.27. The molecule has 0 aliphatic heterocycles. The first-order valence-corrected chi connectivity index (χ1v) is 5.35. The standard InChI is InChI=1S/C9H16N6O4/c1-18-4-6(19-2)3-11-8-7(15(16)17)9(14-10)13-5-12-8/h5-6H,3-4,10H2,1-2H3,(H2,11,12,13,14). The maximum Gasteiger partial charge on any atom is 0.354 e. The molecule has 0 saturated heterocycles. The summed E-state index contributed by atoms with van der Waals surface area (Å²) in [7, 11) is 3.06. The van der Waals surface area contributed by atoms with Gasteiger partial charge in [-0.2, -0.15) is 0 Å². The fraction of sp³-hybridized carbons (Fsp3) is 0.556. The van der Waals surface area contributed by atoms with E-state index in [9.17, 15) is 10.1 Å². The van der Waals surface area contributed by atoms with Crippen LogP contribution in [0.1, 0.15) is 0 Å². The van der Waals surface area contributed by atoms with Gasteiger partial charge in [0.25, 0.3) is 0 Å². The SMILES string of the molecule is COCC(CNc1ncnc(NN)c1[N+](=O)[O-])OC. The summed E-state index contributed by atoms with van der Waals surface area (Å²) in [6.45, 7) is 0.649. The molecule has 106 valence electrons. The lowest BCUT2D eigenvalue weighted by molar-refractivity contribution is -0.383. The van der Waals surface area contributed by atoms with Gasteiger partial charge in [0.2, 0.25) is 11.6 Å². The summed E-state index contributed by atoms with van der Waals surface area (Å²) in [6.07, 6.45) is 0.914. The van der Waals surface area contributed by atoms with E-state index in [-0.39, 0.29) is 23.4 Å². The van der Waals surface area contributed by atoms with Crippen LogP contribution in [0, 0.1) is 10.1 Å². The zero-order chi connectivity index (χ0) is 14.3. The van der Waals surface area contributed by atoms with Crippen molar-refractivity contribution in [3.63, 3.8) is 0 Å². The molecule has 0 spiro atoms. The van der Waals surface area contributed by atoms with Crippen LogP contribution >= 0.6 is 0 Å². The monoisotopic (exact) mass is 272 g/mol. The van der Waals surface area contributed by atoms with Crippen LogP contribution in [-0.2, 0) is 9.47 Å². The van der Waals surface area contributed by atoms with Crippen LogP contribution in [-0.4, -0.2) is 48.4 Å². The van der Waals surface area contributed by atoms with E-state index in [0.717, 1.165) is 0 Å². The van der Waals surface area contributed by atoms with Gasteiger partial charge in [0.15, 0.2) is 0 Å². The lowest BCUT2D eigenvalue weighted by Gasteiger charge is -2.15. The molecule has 0 radical (unpaired) electrons. The summed E-state index contributed by atoms with van der Waals surface area (Å²) in [5, 5.41) is 13.8. The fourth-order valence-electron chi connectivity index (χ4n) is 1.39. The van der Waals surface area contributed by atoms with Gasteiger partial charge in [-0.25, -0.2) is 15.8 Å². The first-order chi connectivity index (χ1) is 9.13. The topological polar surface area (TPSA) is 137 Å². The van der Waals surface area contributed by atoms with Crippen LogP contribution in [0.5, 0.6) is 0 Å². The van der Waals surface area contributed by atoms with Crippen molar-refractivity contribution in [2.75, 3.05) is 38.1 Å². The number of nitrogens with two attached hydrogens (primary N) is 1. The van der Waals surface area contributed by atoms with Gasteiger partial charge in [0.1, 0.15) is 6.33 Å². The summed E-state index contributed by atoms with van der Waals surface area (Å²) in [5.74, 6) is 5.16. The summed E-state index contributed by atoms with van der Waals surface area (Å²) in [5.41, 5.74) is 1.83. The van der Waals surface area contributed by atoms with Crippen LogP contribution in [0.2, 0.25) is 0 Å². The third-order valence-electron chi connectivity index (χ3n) is 2.32. The van der Waals surface area contributed by atoms with Gasteiger partial charge in [-0.15, -0.1) is 0 Å². The highest BCUT2D eigenvalue weighted by atomic mass is 16.6. The van der Waals surface area contributed by atoms with Crippen molar-refractivity contribution in [1.29, 1.82) is 0 Å². The number of nitro groups is 1. The quantitative estimate of drug-likeness (QED) is 0.332. The van der Waals surface area contributed by atoms with Crippen molar-refractivity contribution in [3.8, 4) is 0 Å². The molecule has 1 heterocycles. The minimum Gasteiger partial charge on any atom is -0.382 e. The number of nitrogens with zero attached hydrogens (tertiary/aromatic N) is 3. The summed E-state index contributed by atoms with van der Waals surface area (Å²) in [4.78, 5) is 17.9. The minimum absolute atomic E-state index is 0.0612. The third kappa shape index (κ3) is 3.98. The molecule has 0 aliphatic carbocycles. The average molecular weight is 272 g/mol. The second-order valence-electron chi connectivity index (χ2n) is 3.51. The van der Waals surface area contributed by atoms with E-state index in [2.05, 4.69) is 20.7 Å². The molecule has 0 bridgehead atoms. The van der Waals surface area contributed by atoms with Crippen LogP contribution in [0.15, 0.2) is 6.33 Å². The van der Waals surface area contributed by atoms with Gasteiger partial charge in [-0.3, -0.25) is 10.1 Å². The lowest BCUT2D eigenvalue weighted by atomic mass is 10.3. The van der Waals surface area contributed by atoms with Crippen molar-refractivity contribution >= 4 is 17.3 Å². The van der Waals surface area contributed by atoms with Crippen molar-refractivity contribution in [2.24, 2.45) is 5.84 Å². The zero-order valence-electron chi connectivity index (χ0n) is 10.6. The van der Waals surface area contributed by atoms with Crippen LogP contribution in [0.3, 0.4) is 0 Å². The second-order valence-corrected chi connectivity index (χ2v) is 3.51. The summed E-state index contributed by atoms with van der Waals surface area (Å²) >= 11 is 0. The number of hydrogen-bond acceptors (Lipinski definition) is 9. The molecule has 1 rings (SSSR count). The fourth-order valence-corrected chi connectivity index (χ4v) is 1.39. The molecule has 0 aromatic carbocycles. The van der Waals surface area contributed by atoms with E-state index < -0.39 is 4.92 Å². The Morgan fingerprint density at radius 1 is 1.47 bits per heavy atom. The molecule has 0 saturated carbocycles. The molecule has 1 unspecified atom stereocenters. The Balaban J connectivity index is 2.85. The van der Waals surface area contributed by atoms with Gasteiger partial charge in [0.05, 0.1) is 17.6 Å². The predicted octanol–water partition coefficient (Wildman–Crippen LogP) is -0.256. The largest absolute Gasteiger partial charge is 0.382 e. The van der Waals surface area contributed by atoms with E-state index in [1.54, 1.807) is 0 Å². The van der Waals surface area contributed by atoms with E-state index >= 15 is 0 Å². The van der Waals surface area contributed by atoms with Crippen molar-refractivity contribution in [2.45, 2.75) is 6.10 Å². The minimum atomic E-state index is -0.615. The number of anilines is 2. The molecule has 0 fully saturated rings. The molecule has 1 atom stereocenters. The Kier molecular flexibility index (Phi) is 5.85. The van der Waals surface area contributed by atoms with Crippen LogP contribution in [0.25, 0.3) is 0 Å². The second kappa shape index (κ2) is 7.41. The predicted molar refractivity (Wildman–Crippen MR) is 67.7 cm³/mol. The number of methoxy groups -OCH3 is 2. The number of aromatic nitrogens is 2. The molecule has 19 heavy (non-hydrogen) atoms. The Morgan fingerprint density at radius 3 is 2.68 bits per heavy atom.